The largest absolute Gasteiger partial charge is 0.497 e. The fraction of sp³-hybridized carbons (Fsp3) is 0.250. The van der Waals surface area contributed by atoms with E-state index in [2.05, 4.69) is 5.32 Å². The van der Waals surface area contributed by atoms with Crippen molar-refractivity contribution in [3.8, 4) is 5.75 Å². The summed E-state index contributed by atoms with van der Waals surface area (Å²) in [5.74, 6) is -0.268. The first-order chi connectivity index (χ1) is 8.08. The summed E-state index contributed by atoms with van der Waals surface area (Å²) in [7, 11) is 1.51. The van der Waals surface area contributed by atoms with E-state index in [0.717, 1.165) is 0 Å². The number of benzene rings is 1. The Labute approximate surface area is 98.8 Å². The van der Waals surface area contributed by atoms with Crippen LogP contribution in [0.1, 0.15) is 22.8 Å². The van der Waals surface area contributed by atoms with Gasteiger partial charge in [-0.15, -0.1) is 0 Å². The number of hydrogen-bond donors (Lipinski definition) is 1. The zero-order valence-electron chi connectivity index (χ0n) is 9.65. The van der Waals surface area contributed by atoms with Gasteiger partial charge in [-0.2, -0.15) is 0 Å². The smallest absolute Gasteiger partial charge is 0.284 e. The van der Waals surface area contributed by atoms with Crippen LogP contribution in [0.4, 0.5) is 0 Å². The van der Waals surface area contributed by atoms with Crippen LogP contribution in [0.3, 0.4) is 0 Å². The third kappa shape index (κ3) is 3.41. The predicted octanol–water partition coefficient (Wildman–Crippen LogP) is 0.713. The third-order valence-electron chi connectivity index (χ3n) is 2.26. The van der Waals surface area contributed by atoms with Crippen molar-refractivity contribution in [2.45, 2.75) is 13.5 Å². The summed E-state index contributed by atoms with van der Waals surface area (Å²) in [6, 6.07) is 4.97. The Bertz CT molecular complexity index is 454. The van der Waals surface area contributed by atoms with Crippen LogP contribution in [0.5, 0.6) is 5.75 Å². The van der Waals surface area contributed by atoms with Crippen molar-refractivity contribution in [2.75, 3.05) is 7.11 Å². The summed E-state index contributed by atoms with van der Waals surface area (Å²) in [4.78, 5) is 32.4. The lowest BCUT2D eigenvalue weighted by Gasteiger charge is -2.09. The molecule has 0 aliphatic carbocycles. The summed E-state index contributed by atoms with van der Waals surface area (Å²) in [6.45, 7) is 1.57. The van der Waals surface area contributed by atoms with E-state index in [0.29, 0.717) is 16.9 Å². The molecule has 5 heteroatoms. The molecule has 0 aliphatic rings. The second-order valence-corrected chi connectivity index (χ2v) is 3.41. The molecule has 1 amide bonds. The number of ketones is 1. The molecule has 0 heterocycles. The summed E-state index contributed by atoms with van der Waals surface area (Å²) < 4.78 is 5.01. The standard InChI is InChI=1S/C12H13NO4/c1-8(15)11-5-10(17-2)4-3-9(11)6-13-12(16)7-14/h3-5,7H,6H2,1-2H3,(H,13,16). The Hall–Kier alpha value is -2.17. The average Bonchev–Trinajstić information content (AvgIpc) is 2.35. The minimum absolute atomic E-state index is 0.126. The normalized spacial score (nSPS) is 9.53. The molecular weight excluding hydrogens is 222 g/mol. The molecule has 1 aromatic carbocycles. The Kier molecular flexibility index (Phi) is 4.39. The molecule has 0 spiro atoms. The fourth-order valence-corrected chi connectivity index (χ4v) is 1.39. The van der Waals surface area contributed by atoms with Crippen LogP contribution in [0.2, 0.25) is 0 Å². The lowest BCUT2D eigenvalue weighted by Crippen LogP contribution is -2.24. The van der Waals surface area contributed by atoms with E-state index < -0.39 is 5.91 Å². The van der Waals surface area contributed by atoms with Crippen LogP contribution >= 0.6 is 0 Å². The zero-order valence-corrected chi connectivity index (χ0v) is 9.65. The number of hydrogen-bond acceptors (Lipinski definition) is 4. The van der Waals surface area contributed by atoms with Gasteiger partial charge in [-0.1, -0.05) is 6.07 Å². The number of ether oxygens (including phenoxy) is 1. The van der Waals surface area contributed by atoms with E-state index >= 15 is 0 Å². The molecule has 5 nitrogen and oxygen atoms in total. The molecule has 17 heavy (non-hydrogen) atoms. The summed E-state index contributed by atoms with van der Waals surface area (Å²) >= 11 is 0. The predicted molar refractivity (Wildman–Crippen MR) is 60.9 cm³/mol. The number of carbonyl (C=O) groups is 3. The minimum Gasteiger partial charge on any atom is -0.497 e. The van der Waals surface area contributed by atoms with Crippen molar-refractivity contribution < 1.29 is 19.1 Å². The van der Waals surface area contributed by atoms with Gasteiger partial charge in [0, 0.05) is 12.1 Å². The summed E-state index contributed by atoms with van der Waals surface area (Å²) in [5, 5.41) is 2.38. The van der Waals surface area contributed by atoms with Gasteiger partial charge in [-0.05, 0) is 24.6 Å². The van der Waals surface area contributed by atoms with Crippen molar-refractivity contribution >= 4 is 18.0 Å². The third-order valence-corrected chi connectivity index (χ3v) is 2.26. The fourth-order valence-electron chi connectivity index (χ4n) is 1.39. The molecule has 90 valence electrons. The lowest BCUT2D eigenvalue weighted by atomic mass is 10.0. The maximum atomic E-state index is 11.4. The van der Waals surface area contributed by atoms with Crippen molar-refractivity contribution in [3.05, 3.63) is 29.3 Å². The Balaban J connectivity index is 2.94. The van der Waals surface area contributed by atoms with Crippen molar-refractivity contribution in [1.29, 1.82) is 0 Å². The van der Waals surface area contributed by atoms with E-state index in [-0.39, 0.29) is 18.6 Å². The van der Waals surface area contributed by atoms with E-state index in [1.807, 2.05) is 0 Å². The molecule has 0 aliphatic heterocycles. The van der Waals surface area contributed by atoms with Crippen LogP contribution in [0.25, 0.3) is 0 Å². The van der Waals surface area contributed by atoms with Gasteiger partial charge in [0.15, 0.2) is 5.78 Å². The number of carbonyl (C=O) groups excluding carboxylic acids is 3. The van der Waals surface area contributed by atoms with Gasteiger partial charge < -0.3 is 10.1 Å². The average molecular weight is 235 g/mol. The molecule has 0 saturated heterocycles. The number of amides is 1. The molecule has 0 saturated carbocycles. The van der Waals surface area contributed by atoms with Gasteiger partial charge in [0.25, 0.3) is 5.91 Å². The number of nitrogens with one attached hydrogen (secondary N) is 1. The molecule has 0 fully saturated rings. The SMILES string of the molecule is COc1ccc(CNC(=O)C=O)c(C(C)=O)c1. The van der Waals surface area contributed by atoms with E-state index in [4.69, 9.17) is 4.74 Å². The monoisotopic (exact) mass is 235 g/mol. The summed E-state index contributed by atoms with van der Waals surface area (Å²) in [6.07, 6.45) is 0.191. The first-order valence-corrected chi connectivity index (χ1v) is 4.99. The first-order valence-electron chi connectivity index (χ1n) is 4.99. The van der Waals surface area contributed by atoms with Crippen LogP contribution < -0.4 is 10.1 Å². The van der Waals surface area contributed by atoms with Gasteiger partial charge in [0.05, 0.1) is 7.11 Å². The number of aldehydes is 1. The minimum atomic E-state index is -0.713. The molecular formula is C12H13NO4. The Morgan fingerprint density at radius 3 is 2.65 bits per heavy atom. The molecule has 1 aromatic rings. The molecule has 0 bridgehead atoms. The van der Waals surface area contributed by atoms with Gasteiger partial charge >= 0.3 is 0 Å². The zero-order chi connectivity index (χ0) is 12.8. The maximum Gasteiger partial charge on any atom is 0.284 e. The first kappa shape index (κ1) is 12.9. The van der Waals surface area contributed by atoms with Crippen LogP contribution in [0.15, 0.2) is 18.2 Å². The quantitative estimate of drug-likeness (QED) is 0.463. The highest BCUT2D eigenvalue weighted by Gasteiger charge is 2.09. The van der Waals surface area contributed by atoms with Crippen LogP contribution in [0, 0.1) is 0 Å². The Morgan fingerprint density at radius 1 is 1.41 bits per heavy atom. The summed E-state index contributed by atoms with van der Waals surface area (Å²) in [5.41, 5.74) is 1.11. The highest BCUT2D eigenvalue weighted by Crippen LogP contribution is 2.18. The maximum absolute atomic E-state index is 11.4. The molecule has 1 N–H and O–H groups in total. The van der Waals surface area contributed by atoms with Crippen LogP contribution in [-0.4, -0.2) is 25.1 Å². The second kappa shape index (κ2) is 5.79. The molecule has 0 aromatic heterocycles. The van der Waals surface area contributed by atoms with Gasteiger partial charge in [0.1, 0.15) is 5.75 Å². The molecule has 1 rings (SSSR count). The number of rotatable bonds is 5. The molecule has 0 unspecified atom stereocenters. The van der Waals surface area contributed by atoms with E-state index in [1.54, 1.807) is 18.2 Å². The second-order valence-electron chi connectivity index (χ2n) is 3.41. The molecule has 0 atom stereocenters. The highest BCUT2D eigenvalue weighted by atomic mass is 16.5. The van der Waals surface area contributed by atoms with Gasteiger partial charge in [0.2, 0.25) is 6.29 Å². The number of Topliss-reactive ketones (excluding diaryl/α,β-unsaturated/α-hetero) is 1. The van der Waals surface area contributed by atoms with Crippen molar-refractivity contribution in [2.24, 2.45) is 0 Å². The van der Waals surface area contributed by atoms with E-state index in [9.17, 15) is 14.4 Å². The van der Waals surface area contributed by atoms with Crippen molar-refractivity contribution in [1.82, 2.24) is 5.32 Å². The van der Waals surface area contributed by atoms with E-state index in [1.165, 1.54) is 14.0 Å². The lowest BCUT2D eigenvalue weighted by molar-refractivity contribution is -0.131. The number of methoxy groups -OCH3 is 1. The van der Waals surface area contributed by atoms with Crippen molar-refractivity contribution in [3.63, 3.8) is 0 Å². The van der Waals surface area contributed by atoms with Gasteiger partial charge in [-0.25, -0.2) is 0 Å². The highest BCUT2D eigenvalue weighted by molar-refractivity contribution is 6.23. The Morgan fingerprint density at radius 2 is 2.12 bits per heavy atom. The molecule has 0 radical (unpaired) electrons. The topological polar surface area (TPSA) is 72.5 Å². The van der Waals surface area contributed by atoms with Crippen LogP contribution in [-0.2, 0) is 16.1 Å². The van der Waals surface area contributed by atoms with Gasteiger partial charge in [-0.3, -0.25) is 14.4 Å².